The molecule has 10 nitrogen and oxygen atoms in total. The minimum atomic E-state index is -0.724. The lowest BCUT2D eigenvalue weighted by molar-refractivity contribution is -0.252. The van der Waals surface area contributed by atoms with E-state index in [1.165, 1.54) is 0 Å². The van der Waals surface area contributed by atoms with Crippen molar-refractivity contribution in [1.29, 1.82) is 0 Å². The first-order valence-electron chi connectivity index (χ1n) is 14.7. The Kier molecular flexibility index (Phi) is 11.1. The van der Waals surface area contributed by atoms with Gasteiger partial charge >= 0.3 is 0 Å². The van der Waals surface area contributed by atoms with Crippen molar-refractivity contribution in [3.63, 3.8) is 0 Å². The van der Waals surface area contributed by atoms with Crippen LogP contribution in [-0.2, 0) is 32.2 Å². The van der Waals surface area contributed by atoms with Gasteiger partial charge in [-0.25, -0.2) is 4.98 Å². The summed E-state index contributed by atoms with van der Waals surface area (Å²) in [5.74, 6) is -0.301. The van der Waals surface area contributed by atoms with Crippen LogP contribution >= 0.6 is 23.2 Å². The van der Waals surface area contributed by atoms with E-state index < -0.39 is 6.29 Å². The third-order valence-corrected chi connectivity index (χ3v) is 8.25. The predicted octanol–water partition coefficient (Wildman–Crippen LogP) is 6.65. The number of aliphatic hydroxyl groups is 1. The monoisotopic (exact) mass is 651 g/mol. The van der Waals surface area contributed by atoms with Crippen molar-refractivity contribution in [2.75, 3.05) is 16.4 Å². The van der Waals surface area contributed by atoms with E-state index in [0.717, 1.165) is 16.7 Å². The Morgan fingerprint density at radius 1 is 0.933 bits per heavy atom. The second kappa shape index (κ2) is 15.4. The van der Waals surface area contributed by atoms with Crippen molar-refractivity contribution in [2.24, 2.45) is 0 Å². The summed E-state index contributed by atoms with van der Waals surface area (Å²) in [6, 6.07) is 22.0. The molecule has 0 bridgehead atoms. The lowest BCUT2D eigenvalue weighted by Crippen LogP contribution is -2.32. The number of hydrogen-bond donors (Lipinski definition) is 4. The predicted molar refractivity (Wildman–Crippen MR) is 174 cm³/mol. The number of nitrogens with zero attached hydrogens (tertiary/aromatic N) is 2. The number of aliphatic hydroxyl groups excluding tert-OH is 1. The number of hydrogen-bond acceptors (Lipinski definition) is 7. The molecule has 1 saturated heterocycles. The van der Waals surface area contributed by atoms with Gasteiger partial charge in [-0.05, 0) is 48.2 Å². The second-order valence-electron chi connectivity index (χ2n) is 10.8. The Morgan fingerprint density at radius 2 is 1.67 bits per heavy atom. The van der Waals surface area contributed by atoms with Crippen molar-refractivity contribution in [2.45, 2.75) is 63.8 Å². The molecule has 2 amide bonds. The van der Waals surface area contributed by atoms with E-state index in [0.29, 0.717) is 48.0 Å². The van der Waals surface area contributed by atoms with E-state index in [1.54, 1.807) is 41.2 Å². The van der Waals surface area contributed by atoms with Crippen LogP contribution in [0.15, 0.2) is 79.1 Å². The molecule has 236 valence electrons. The SMILES string of the molecule is Nc1ccccc1NC(=O)CCCCC(=O)Nc1cccc(C2OC(Cn3cnc(Cl)c3Cl)CC(c3ccc(CO)cc3)O2)c1. The average Bonchev–Trinajstić information content (AvgIpc) is 3.36. The summed E-state index contributed by atoms with van der Waals surface area (Å²) in [6.07, 6.45) is 2.48. The van der Waals surface area contributed by atoms with Crippen LogP contribution in [0.2, 0.25) is 10.3 Å². The topological polar surface area (TPSA) is 141 Å². The molecule has 5 N–H and O–H groups in total. The zero-order valence-corrected chi connectivity index (χ0v) is 26.0. The lowest BCUT2D eigenvalue weighted by atomic mass is 10.00. The molecule has 3 atom stereocenters. The molecule has 0 radical (unpaired) electrons. The highest BCUT2D eigenvalue weighted by atomic mass is 35.5. The van der Waals surface area contributed by atoms with Gasteiger partial charge in [-0.1, -0.05) is 71.7 Å². The van der Waals surface area contributed by atoms with E-state index in [1.807, 2.05) is 42.5 Å². The first-order chi connectivity index (χ1) is 21.8. The van der Waals surface area contributed by atoms with Crippen LogP contribution in [0.4, 0.5) is 17.1 Å². The van der Waals surface area contributed by atoms with E-state index in [4.69, 9.17) is 38.4 Å². The Labute approximate surface area is 271 Å². The van der Waals surface area contributed by atoms with Crippen LogP contribution in [0, 0.1) is 0 Å². The quantitative estimate of drug-likeness (QED) is 0.0993. The van der Waals surface area contributed by atoms with E-state index in [2.05, 4.69) is 15.6 Å². The number of para-hydroxylation sites is 2. The van der Waals surface area contributed by atoms with Crippen LogP contribution in [-0.4, -0.2) is 32.6 Å². The van der Waals surface area contributed by atoms with Crippen molar-refractivity contribution < 1.29 is 24.2 Å². The van der Waals surface area contributed by atoms with Gasteiger partial charge in [0.15, 0.2) is 11.4 Å². The number of anilines is 3. The third kappa shape index (κ3) is 8.84. The highest BCUT2D eigenvalue weighted by Crippen LogP contribution is 2.39. The molecule has 3 unspecified atom stereocenters. The summed E-state index contributed by atoms with van der Waals surface area (Å²) < 4.78 is 14.5. The summed E-state index contributed by atoms with van der Waals surface area (Å²) in [6.45, 7) is 0.370. The van der Waals surface area contributed by atoms with Gasteiger partial charge in [0.2, 0.25) is 11.8 Å². The zero-order chi connectivity index (χ0) is 31.8. The van der Waals surface area contributed by atoms with Gasteiger partial charge < -0.3 is 35.5 Å². The maximum absolute atomic E-state index is 12.7. The highest BCUT2D eigenvalue weighted by molar-refractivity contribution is 6.40. The van der Waals surface area contributed by atoms with Gasteiger partial charge in [-0.2, -0.15) is 0 Å². The number of nitrogen functional groups attached to an aromatic ring is 1. The van der Waals surface area contributed by atoms with Gasteiger partial charge in [-0.3, -0.25) is 9.59 Å². The van der Waals surface area contributed by atoms with Gasteiger partial charge in [0.1, 0.15) is 5.15 Å². The Bertz CT molecular complexity index is 1610. The summed E-state index contributed by atoms with van der Waals surface area (Å²) in [5, 5.41) is 15.8. The molecule has 1 aliphatic heterocycles. The minimum Gasteiger partial charge on any atom is -0.397 e. The number of carbonyl (C=O) groups excluding carboxylic acids is 2. The Balaban J connectivity index is 1.19. The number of rotatable bonds is 12. The fraction of sp³-hybridized carbons (Fsp3) is 0.303. The number of amides is 2. The molecule has 2 heterocycles. The number of carbonyl (C=O) groups is 2. The average molecular weight is 653 g/mol. The van der Waals surface area contributed by atoms with E-state index in [9.17, 15) is 14.7 Å². The van der Waals surface area contributed by atoms with Crippen LogP contribution < -0.4 is 16.4 Å². The van der Waals surface area contributed by atoms with Gasteiger partial charge in [0, 0.05) is 30.5 Å². The van der Waals surface area contributed by atoms with Crippen LogP contribution in [0.3, 0.4) is 0 Å². The van der Waals surface area contributed by atoms with Crippen molar-refractivity contribution in [3.8, 4) is 0 Å². The first-order valence-corrected chi connectivity index (χ1v) is 15.5. The van der Waals surface area contributed by atoms with Crippen molar-refractivity contribution in [1.82, 2.24) is 9.55 Å². The molecular formula is C33H35Cl2N5O5. The molecule has 3 aromatic carbocycles. The number of halogens is 2. The maximum Gasteiger partial charge on any atom is 0.224 e. The number of benzene rings is 3. The second-order valence-corrected chi connectivity index (χ2v) is 11.6. The smallest absolute Gasteiger partial charge is 0.224 e. The maximum atomic E-state index is 12.7. The molecule has 0 spiro atoms. The molecule has 45 heavy (non-hydrogen) atoms. The standard InChI is InChI=1S/C33H35Cl2N5O5/c34-31-32(35)40(20-37-31)18-25-17-28(22-14-12-21(19-41)13-15-22)45-33(44-25)23-6-5-7-24(16-23)38-29(42)10-3-4-11-30(43)39-27-9-2-1-8-26(27)36/h1-2,5-9,12-16,20,25,28,33,41H,3-4,10-11,17-19,36H2,(H,38,42)(H,39,43). The third-order valence-electron chi connectivity index (χ3n) is 7.48. The molecule has 1 fully saturated rings. The zero-order valence-electron chi connectivity index (χ0n) is 24.5. The molecule has 0 aliphatic carbocycles. The van der Waals surface area contributed by atoms with Crippen LogP contribution in [0.25, 0.3) is 0 Å². The largest absolute Gasteiger partial charge is 0.397 e. The molecular weight excluding hydrogens is 617 g/mol. The van der Waals surface area contributed by atoms with Crippen molar-refractivity contribution >= 4 is 52.1 Å². The molecule has 1 aliphatic rings. The first kappa shape index (κ1) is 32.5. The van der Waals surface area contributed by atoms with Crippen LogP contribution in [0.5, 0.6) is 0 Å². The van der Waals surface area contributed by atoms with Crippen molar-refractivity contribution in [3.05, 3.63) is 106 Å². The Morgan fingerprint density at radius 3 is 2.36 bits per heavy atom. The lowest BCUT2D eigenvalue weighted by Gasteiger charge is -2.36. The summed E-state index contributed by atoms with van der Waals surface area (Å²) in [4.78, 5) is 29.0. The highest BCUT2D eigenvalue weighted by Gasteiger charge is 2.33. The normalized spacial score (nSPS) is 18.0. The molecule has 4 aromatic rings. The van der Waals surface area contributed by atoms with Gasteiger partial charge in [-0.15, -0.1) is 0 Å². The van der Waals surface area contributed by atoms with Crippen LogP contribution in [0.1, 0.15) is 61.2 Å². The van der Waals surface area contributed by atoms with Gasteiger partial charge in [0.05, 0.1) is 43.1 Å². The minimum absolute atomic E-state index is 0.0439. The van der Waals surface area contributed by atoms with E-state index in [-0.39, 0.29) is 48.6 Å². The Hall–Kier alpha value is -3.93. The number of imidazole rings is 1. The number of unbranched alkanes of at least 4 members (excludes halogenated alkanes) is 1. The number of nitrogens with one attached hydrogen (secondary N) is 2. The molecule has 1 aromatic heterocycles. The van der Waals surface area contributed by atoms with Gasteiger partial charge in [0.25, 0.3) is 0 Å². The fourth-order valence-corrected chi connectivity index (χ4v) is 5.42. The summed E-state index contributed by atoms with van der Waals surface area (Å²) in [5.41, 5.74) is 10.1. The summed E-state index contributed by atoms with van der Waals surface area (Å²) >= 11 is 12.4. The fourth-order valence-electron chi connectivity index (χ4n) is 5.10. The number of nitrogens with two attached hydrogens (primary N) is 1. The number of aromatic nitrogens is 2. The molecule has 5 rings (SSSR count). The number of ether oxygens (including phenoxy) is 2. The summed E-state index contributed by atoms with van der Waals surface area (Å²) in [7, 11) is 0. The molecule has 0 saturated carbocycles. The molecule has 12 heteroatoms. The van der Waals surface area contributed by atoms with E-state index >= 15 is 0 Å².